The molecule has 0 radical (unpaired) electrons. The van der Waals surface area contributed by atoms with E-state index in [9.17, 15) is 18.0 Å². The van der Waals surface area contributed by atoms with E-state index < -0.39 is 34.6 Å². The summed E-state index contributed by atoms with van der Waals surface area (Å²) in [7, 11) is 0. The molecule has 9 heteroatoms. The third kappa shape index (κ3) is 4.81. The molecule has 3 N–H and O–H groups in total. The fraction of sp³-hybridized carbons (Fsp3) is 0.320. The smallest absolute Gasteiger partial charge is 0.274 e. The number of carbonyl (C=O) groups is 1. The van der Waals surface area contributed by atoms with E-state index in [4.69, 9.17) is 5.73 Å². The number of amides is 1. The van der Waals surface area contributed by atoms with Crippen LogP contribution in [0.1, 0.15) is 41.7 Å². The van der Waals surface area contributed by atoms with Gasteiger partial charge in [0.15, 0.2) is 0 Å². The highest BCUT2D eigenvalue weighted by atomic mass is 32.2. The van der Waals surface area contributed by atoms with Crippen LogP contribution in [0.3, 0.4) is 0 Å². The number of aromatic nitrogens is 2. The molecule has 4 atom stereocenters. The Balaban J connectivity index is 1.62. The van der Waals surface area contributed by atoms with Crippen LogP contribution in [-0.4, -0.2) is 33.4 Å². The molecule has 1 aromatic carbocycles. The molecule has 1 fully saturated rings. The number of nitrogens with one attached hydrogen (secondary N) is 1. The molecule has 0 aliphatic heterocycles. The van der Waals surface area contributed by atoms with Gasteiger partial charge in [-0.1, -0.05) is 13.0 Å². The molecular weight excluding hydrogens is 461 g/mol. The lowest BCUT2D eigenvalue weighted by Gasteiger charge is -2.38. The monoisotopic (exact) mass is 486 g/mol. The first-order valence-corrected chi connectivity index (χ1v) is 12.2. The van der Waals surface area contributed by atoms with Gasteiger partial charge in [0.2, 0.25) is 0 Å². The largest absolute Gasteiger partial charge is 0.327 e. The van der Waals surface area contributed by atoms with Crippen molar-refractivity contribution in [2.75, 3.05) is 11.6 Å². The van der Waals surface area contributed by atoms with Crippen molar-refractivity contribution in [1.82, 2.24) is 9.97 Å². The van der Waals surface area contributed by atoms with Gasteiger partial charge in [0, 0.05) is 17.5 Å². The van der Waals surface area contributed by atoms with Gasteiger partial charge in [0.25, 0.3) is 5.91 Å². The molecule has 2 aromatic heterocycles. The molecule has 178 valence electrons. The fourth-order valence-corrected chi connectivity index (χ4v) is 5.78. The Labute approximate surface area is 200 Å². The number of carbonyl (C=O) groups excluding carboxylic acids is 1. The molecule has 0 spiro atoms. The molecule has 0 bridgehead atoms. The third-order valence-electron chi connectivity index (χ3n) is 6.29. The summed E-state index contributed by atoms with van der Waals surface area (Å²) < 4.78 is 42.8. The lowest BCUT2D eigenvalue weighted by Crippen LogP contribution is -2.42. The quantitative estimate of drug-likeness (QED) is 0.506. The van der Waals surface area contributed by atoms with Crippen molar-refractivity contribution in [3.8, 4) is 11.3 Å². The Morgan fingerprint density at radius 2 is 1.82 bits per heavy atom. The molecule has 5 nitrogen and oxygen atoms in total. The Bertz CT molecular complexity index is 1180. The van der Waals surface area contributed by atoms with Gasteiger partial charge < -0.3 is 11.1 Å². The number of benzene rings is 1. The van der Waals surface area contributed by atoms with E-state index in [0.717, 1.165) is 36.6 Å². The second kappa shape index (κ2) is 10.1. The Morgan fingerprint density at radius 1 is 1.09 bits per heavy atom. The summed E-state index contributed by atoms with van der Waals surface area (Å²) >= 11 is 1.77. The molecule has 34 heavy (non-hydrogen) atoms. The zero-order valence-corrected chi connectivity index (χ0v) is 19.6. The second-order valence-electron chi connectivity index (χ2n) is 8.55. The molecule has 1 amide bonds. The maximum absolute atomic E-state index is 14.4. The second-order valence-corrected chi connectivity index (χ2v) is 9.57. The van der Waals surface area contributed by atoms with Gasteiger partial charge in [0.1, 0.15) is 28.8 Å². The van der Waals surface area contributed by atoms with Crippen molar-refractivity contribution >= 4 is 23.4 Å². The highest BCUT2D eigenvalue weighted by Crippen LogP contribution is 2.41. The van der Waals surface area contributed by atoms with Crippen LogP contribution >= 0.6 is 11.8 Å². The number of pyridine rings is 2. The van der Waals surface area contributed by atoms with E-state index in [-0.39, 0.29) is 17.7 Å². The van der Waals surface area contributed by atoms with Crippen LogP contribution in [0.25, 0.3) is 11.3 Å². The predicted octanol–water partition coefficient (Wildman–Crippen LogP) is 5.39. The van der Waals surface area contributed by atoms with E-state index >= 15 is 0 Å². The van der Waals surface area contributed by atoms with Gasteiger partial charge in [-0.2, -0.15) is 11.8 Å². The minimum Gasteiger partial charge on any atom is -0.327 e. The zero-order valence-electron chi connectivity index (χ0n) is 18.8. The third-order valence-corrected chi connectivity index (χ3v) is 7.65. The maximum atomic E-state index is 14.4. The van der Waals surface area contributed by atoms with Gasteiger partial charge in [-0.15, -0.1) is 0 Å². The molecule has 3 aromatic rings. The Hall–Kier alpha value is -2.91. The van der Waals surface area contributed by atoms with E-state index in [1.165, 1.54) is 12.1 Å². The molecular formula is C25H25F3N4OS. The van der Waals surface area contributed by atoms with Crippen LogP contribution < -0.4 is 11.1 Å². The van der Waals surface area contributed by atoms with Crippen LogP contribution in [0.15, 0.2) is 48.8 Å². The lowest BCUT2D eigenvalue weighted by molar-refractivity contribution is 0.102. The van der Waals surface area contributed by atoms with E-state index in [0.29, 0.717) is 16.9 Å². The lowest BCUT2D eigenvalue weighted by atomic mass is 9.76. The minimum absolute atomic E-state index is 0.0254. The fourth-order valence-electron chi connectivity index (χ4n) is 4.74. The molecule has 2 heterocycles. The first-order valence-electron chi connectivity index (χ1n) is 10.9. The number of nitrogens with zero attached hydrogens (tertiary/aromatic N) is 2. The summed E-state index contributed by atoms with van der Waals surface area (Å²) in [5.41, 5.74) is 6.48. The molecule has 4 rings (SSSR count). The summed E-state index contributed by atoms with van der Waals surface area (Å²) in [6.07, 6.45) is 6.96. The molecule has 0 unspecified atom stereocenters. The predicted molar refractivity (Wildman–Crippen MR) is 128 cm³/mol. The topological polar surface area (TPSA) is 80.9 Å². The minimum atomic E-state index is -0.968. The summed E-state index contributed by atoms with van der Waals surface area (Å²) in [6, 6.07) is 7.21. The average Bonchev–Trinajstić information content (AvgIpc) is 2.80. The SMILES string of the molecule is CS[C@H]1[C@H](N)C[C@H](c2ccncc2NC(=O)c2ccc(F)c(-c3c(F)cccc3F)n2)C[C@@H]1C. The first-order chi connectivity index (χ1) is 16.3. The molecule has 1 aliphatic carbocycles. The van der Waals surface area contributed by atoms with Crippen molar-refractivity contribution in [3.63, 3.8) is 0 Å². The summed E-state index contributed by atoms with van der Waals surface area (Å²) in [5.74, 6) is -2.97. The van der Waals surface area contributed by atoms with Gasteiger partial charge in [-0.25, -0.2) is 18.2 Å². The van der Waals surface area contributed by atoms with Crippen molar-refractivity contribution < 1.29 is 18.0 Å². The molecule has 1 aliphatic rings. The Morgan fingerprint density at radius 3 is 2.50 bits per heavy atom. The van der Waals surface area contributed by atoms with Crippen LogP contribution in [0.4, 0.5) is 18.9 Å². The highest BCUT2D eigenvalue weighted by molar-refractivity contribution is 7.99. The summed E-state index contributed by atoms with van der Waals surface area (Å²) in [5, 5.41) is 3.16. The first kappa shape index (κ1) is 24.2. The average molecular weight is 487 g/mol. The van der Waals surface area contributed by atoms with Crippen LogP contribution in [0, 0.1) is 23.4 Å². The number of anilines is 1. The van der Waals surface area contributed by atoms with Crippen molar-refractivity contribution in [1.29, 1.82) is 0 Å². The Kier molecular flexibility index (Phi) is 7.23. The number of nitrogens with two attached hydrogens (primary N) is 1. The van der Waals surface area contributed by atoms with E-state index in [2.05, 4.69) is 28.5 Å². The van der Waals surface area contributed by atoms with Gasteiger partial charge in [-0.05, 0) is 66.8 Å². The number of hydrogen-bond acceptors (Lipinski definition) is 5. The molecule has 1 saturated carbocycles. The standard InChI is InChI=1S/C25H25F3N4OS/c1-13-10-14(11-19(29)24(13)34-2)15-8-9-30-12-21(15)32-25(33)20-7-6-18(28)23(31-20)22-16(26)4-3-5-17(22)27/h3-9,12-14,19,24H,10-11,29H2,1-2H3,(H,32,33)/t13-,14+,19+,24+/m0/s1. The maximum Gasteiger partial charge on any atom is 0.274 e. The van der Waals surface area contributed by atoms with E-state index in [1.807, 2.05) is 6.07 Å². The highest BCUT2D eigenvalue weighted by Gasteiger charge is 2.34. The normalized spacial score (nSPS) is 22.4. The zero-order chi connectivity index (χ0) is 24.4. The van der Waals surface area contributed by atoms with Crippen LogP contribution in [0.2, 0.25) is 0 Å². The van der Waals surface area contributed by atoms with Crippen molar-refractivity contribution in [2.24, 2.45) is 11.7 Å². The summed E-state index contributed by atoms with van der Waals surface area (Å²) in [6.45, 7) is 2.18. The van der Waals surface area contributed by atoms with Gasteiger partial charge >= 0.3 is 0 Å². The van der Waals surface area contributed by atoms with Crippen LogP contribution in [0.5, 0.6) is 0 Å². The molecule has 0 saturated heterocycles. The van der Waals surface area contributed by atoms with Crippen molar-refractivity contribution in [3.05, 3.63) is 77.5 Å². The van der Waals surface area contributed by atoms with Gasteiger partial charge in [-0.3, -0.25) is 9.78 Å². The van der Waals surface area contributed by atoms with Crippen molar-refractivity contribution in [2.45, 2.75) is 37.0 Å². The van der Waals surface area contributed by atoms with Gasteiger partial charge in [0.05, 0.1) is 17.4 Å². The number of hydrogen-bond donors (Lipinski definition) is 2. The van der Waals surface area contributed by atoms with E-state index in [1.54, 1.807) is 24.2 Å². The number of halogens is 3. The summed E-state index contributed by atoms with van der Waals surface area (Å²) in [4.78, 5) is 21.1. The van der Waals surface area contributed by atoms with Crippen LogP contribution in [-0.2, 0) is 0 Å². The number of rotatable bonds is 5. The number of thioether (sulfide) groups is 1.